The molecule has 1 aromatic carbocycles. The van der Waals surface area contributed by atoms with E-state index in [0.29, 0.717) is 5.69 Å². The van der Waals surface area contributed by atoms with Crippen LogP contribution >= 0.6 is 0 Å². The van der Waals surface area contributed by atoms with Gasteiger partial charge in [0.2, 0.25) is 0 Å². The molecule has 0 unspecified atom stereocenters. The van der Waals surface area contributed by atoms with Gasteiger partial charge in [-0.25, -0.2) is 0 Å². The van der Waals surface area contributed by atoms with Crippen molar-refractivity contribution >= 4 is 16.6 Å². The average molecular weight is 210 g/mol. The first-order valence-corrected chi connectivity index (χ1v) is 5.03. The maximum atomic E-state index is 5.96. The van der Waals surface area contributed by atoms with Crippen molar-refractivity contribution in [1.29, 1.82) is 0 Å². The molecule has 0 fully saturated rings. The van der Waals surface area contributed by atoms with E-state index in [9.17, 15) is 0 Å². The Morgan fingerprint density at radius 2 is 1.94 bits per heavy atom. The van der Waals surface area contributed by atoms with Gasteiger partial charge in [0, 0.05) is 5.39 Å². The van der Waals surface area contributed by atoms with Crippen molar-refractivity contribution in [2.45, 2.75) is 0 Å². The van der Waals surface area contributed by atoms with Crippen LogP contribution in [0.25, 0.3) is 22.2 Å². The molecule has 16 heavy (non-hydrogen) atoms. The number of anilines is 1. The van der Waals surface area contributed by atoms with Crippen LogP contribution in [0.1, 0.15) is 0 Å². The van der Waals surface area contributed by atoms with Crippen LogP contribution in [0.4, 0.5) is 5.69 Å². The topological polar surface area (TPSA) is 52.0 Å². The van der Waals surface area contributed by atoms with E-state index in [2.05, 4.69) is 4.98 Å². The van der Waals surface area contributed by atoms with E-state index in [4.69, 9.17) is 10.2 Å². The van der Waals surface area contributed by atoms with Gasteiger partial charge in [-0.15, -0.1) is 0 Å². The molecular weight excluding hydrogens is 200 g/mol. The Kier molecular flexibility index (Phi) is 1.90. The molecule has 0 amide bonds. The molecule has 0 saturated heterocycles. The third-order valence-electron chi connectivity index (χ3n) is 2.57. The van der Waals surface area contributed by atoms with Crippen molar-refractivity contribution in [2.75, 3.05) is 5.73 Å². The van der Waals surface area contributed by atoms with Crippen molar-refractivity contribution in [2.24, 2.45) is 0 Å². The summed E-state index contributed by atoms with van der Waals surface area (Å²) >= 11 is 0. The van der Waals surface area contributed by atoms with Gasteiger partial charge < -0.3 is 10.2 Å². The number of nitrogens with two attached hydrogens (primary N) is 1. The number of benzene rings is 1. The van der Waals surface area contributed by atoms with Gasteiger partial charge in [0.05, 0.1) is 29.2 Å². The summed E-state index contributed by atoms with van der Waals surface area (Å²) in [6, 6.07) is 11.6. The van der Waals surface area contributed by atoms with Gasteiger partial charge in [-0.05, 0) is 18.2 Å². The van der Waals surface area contributed by atoms with E-state index in [1.807, 2.05) is 36.4 Å². The highest BCUT2D eigenvalue weighted by Crippen LogP contribution is 2.32. The number of nitrogen functional groups attached to an aromatic ring is 1. The molecule has 2 aromatic heterocycles. The summed E-state index contributed by atoms with van der Waals surface area (Å²) in [6.45, 7) is 0. The predicted octanol–water partition coefficient (Wildman–Crippen LogP) is 3.08. The SMILES string of the molecule is Nc1cnc2ccccc2c1-c1ccco1. The van der Waals surface area contributed by atoms with Crippen molar-refractivity contribution in [3.05, 3.63) is 48.9 Å². The lowest BCUT2D eigenvalue weighted by atomic mass is 10.1. The van der Waals surface area contributed by atoms with Crippen LogP contribution in [0.3, 0.4) is 0 Å². The van der Waals surface area contributed by atoms with Gasteiger partial charge in [0.25, 0.3) is 0 Å². The highest BCUT2D eigenvalue weighted by molar-refractivity contribution is 5.98. The molecule has 0 aliphatic rings. The lowest BCUT2D eigenvalue weighted by molar-refractivity contribution is 0.583. The van der Waals surface area contributed by atoms with Crippen molar-refractivity contribution < 1.29 is 4.42 Å². The van der Waals surface area contributed by atoms with Gasteiger partial charge in [0.1, 0.15) is 5.76 Å². The molecule has 0 aliphatic carbocycles. The zero-order valence-corrected chi connectivity index (χ0v) is 8.55. The van der Waals surface area contributed by atoms with E-state index < -0.39 is 0 Å². The van der Waals surface area contributed by atoms with Crippen molar-refractivity contribution in [1.82, 2.24) is 4.98 Å². The van der Waals surface area contributed by atoms with Crippen LogP contribution < -0.4 is 5.73 Å². The number of pyridine rings is 1. The molecule has 3 nitrogen and oxygen atoms in total. The first-order valence-electron chi connectivity index (χ1n) is 5.03. The zero-order valence-electron chi connectivity index (χ0n) is 8.55. The van der Waals surface area contributed by atoms with Crippen LogP contribution in [-0.2, 0) is 0 Å². The highest BCUT2D eigenvalue weighted by Gasteiger charge is 2.10. The predicted molar refractivity (Wildman–Crippen MR) is 63.9 cm³/mol. The van der Waals surface area contributed by atoms with Gasteiger partial charge >= 0.3 is 0 Å². The monoisotopic (exact) mass is 210 g/mol. The fraction of sp³-hybridized carbons (Fsp3) is 0. The van der Waals surface area contributed by atoms with E-state index in [0.717, 1.165) is 22.2 Å². The Hall–Kier alpha value is -2.29. The number of furan rings is 1. The minimum atomic E-state index is 0.633. The standard InChI is InChI=1S/C13H10N2O/c14-10-8-15-11-5-2-1-4-9(11)13(10)12-6-3-7-16-12/h1-8H,14H2. The second kappa shape index (κ2) is 3.38. The number of hydrogen-bond acceptors (Lipinski definition) is 3. The largest absolute Gasteiger partial charge is 0.464 e. The number of hydrogen-bond donors (Lipinski definition) is 1. The fourth-order valence-electron chi connectivity index (χ4n) is 1.85. The molecule has 3 aromatic rings. The minimum Gasteiger partial charge on any atom is -0.464 e. The third-order valence-corrected chi connectivity index (χ3v) is 2.57. The van der Waals surface area contributed by atoms with Crippen LogP contribution in [0.15, 0.2) is 53.3 Å². The maximum absolute atomic E-state index is 5.96. The lowest BCUT2D eigenvalue weighted by Gasteiger charge is -2.06. The first-order chi connectivity index (χ1) is 7.86. The summed E-state index contributed by atoms with van der Waals surface area (Å²) in [6.07, 6.45) is 3.31. The van der Waals surface area contributed by atoms with Gasteiger partial charge in [0.15, 0.2) is 0 Å². The molecule has 3 heteroatoms. The van der Waals surface area contributed by atoms with Crippen molar-refractivity contribution in [3.8, 4) is 11.3 Å². The normalized spacial score (nSPS) is 10.8. The van der Waals surface area contributed by atoms with Crippen LogP contribution in [-0.4, -0.2) is 4.98 Å². The summed E-state index contributed by atoms with van der Waals surface area (Å²) < 4.78 is 5.40. The second-order valence-corrected chi connectivity index (χ2v) is 3.58. The lowest BCUT2D eigenvalue weighted by Crippen LogP contribution is -1.92. The molecule has 2 N–H and O–H groups in total. The number of aromatic nitrogens is 1. The van der Waals surface area contributed by atoms with E-state index in [-0.39, 0.29) is 0 Å². The number of rotatable bonds is 1. The molecule has 0 spiro atoms. The van der Waals surface area contributed by atoms with Crippen LogP contribution in [0, 0.1) is 0 Å². The van der Waals surface area contributed by atoms with Gasteiger partial charge in [-0.1, -0.05) is 18.2 Å². The smallest absolute Gasteiger partial charge is 0.136 e. The van der Waals surface area contributed by atoms with Crippen LogP contribution in [0.2, 0.25) is 0 Å². The second-order valence-electron chi connectivity index (χ2n) is 3.58. The Balaban J connectivity index is 2.42. The summed E-state index contributed by atoms with van der Waals surface area (Å²) in [4.78, 5) is 4.28. The first kappa shape index (κ1) is 8.97. The molecule has 0 saturated carbocycles. The molecule has 0 atom stereocenters. The molecular formula is C13H10N2O. The number of nitrogens with zero attached hydrogens (tertiary/aromatic N) is 1. The molecule has 3 rings (SSSR count). The molecule has 78 valence electrons. The molecule has 0 aliphatic heterocycles. The highest BCUT2D eigenvalue weighted by atomic mass is 16.3. The third kappa shape index (κ3) is 1.26. The minimum absolute atomic E-state index is 0.633. The van der Waals surface area contributed by atoms with E-state index in [1.54, 1.807) is 12.5 Å². The Morgan fingerprint density at radius 1 is 1.06 bits per heavy atom. The summed E-state index contributed by atoms with van der Waals surface area (Å²) in [5.41, 5.74) is 8.42. The average Bonchev–Trinajstić information content (AvgIpc) is 2.82. The number of para-hydroxylation sites is 1. The Morgan fingerprint density at radius 3 is 2.75 bits per heavy atom. The summed E-state index contributed by atoms with van der Waals surface area (Å²) in [5, 5.41) is 1.01. The Bertz CT molecular complexity index is 629. The summed E-state index contributed by atoms with van der Waals surface area (Å²) in [7, 11) is 0. The Labute approximate surface area is 92.5 Å². The molecule has 0 bridgehead atoms. The maximum Gasteiger partial charge on any atom is 0.136 e. The number of fused-ring (bicyclic) bond motifs is 1. The molecule has 0 radical (unpaired) electrons. The zero-order chi connectivity index (χ0) is 11.0. The van der Waals surface area contributed by atoms with E-state index >= 15 is 0 Å². The van der Waals surface area contributed by atoms with Crippen LogP contribution in [0.5, 0.6) is 0 Å². The van der Waals surface area contributed by atoms with Gasteiger partial charge in [-0.3, -0.25) is 4.98 Å². The fourth-order valence-corrected chi connectivity index (χ4v) is 1.85. The van der Waals surface area contributed by atoms with Gasteiger partial charge in [-0.2, -0.15) is 0 Å². The van der Waals surface area contributed by atoms with E-state index in [1.165, 1.54) is 0 Å². The molecule has 2 heterocycles. The van der Waals surface area contributed by atoms with Crippen molar-refractivity contribution in [3.63, 3.8) is 0 Å². The quantitative estimate of drug-likeness (QED) is 0.671. The summed E-state index contributed by atoms with van der Waals surface area (Å²) in [5.74, 6) is 0.774.